The number of ether oxygens (including phenoxy) is 5. The lowest BCUT2D eigenvalue weighted by Crippen LogP contribution is -2.59. The van der Waals surface area contributed by atoms with Gasteiger partial charge < -0.3 is 44.1 Å². The highest BCUT2D eigenvalue weighted by Gasteiger charge is 2.71. The zero-order valence-corrected chi connectivity index (χ0v) is 16.6. The molecule has 0 bridgehead atoms. The van der Waals surface area contributed by atoms with E-state index in [1.165, 1.54) is 6.26 Å². The lowest BCUT2D eigenvalue weighted by Gasteiger charge is -2.39. The molecule has 0 aromatic carbocycles. The zero-order chi connectivity index (χ0) is 22.1. The molecule has 11 unspecified atom stereocenters. The Bertz CT molecular complexity index is 837. The van der Waals surface area contributed by atoms with Crippen molar-refractivity contribution in [1.82, 2.24) is 0 Å². The number of carbonyl (C=O) groups is 2. The van der Waals surface area contributed by atoms with Crippen molar-refractivity contribution in [2.45, 2.75) is 62.0 Å². The molecule has 0 aromatic rings. The summed E-state index contributed by atoms with van der Waals surface area (Å²) in [7, 11) is 0. The Balaban J connectivity index is 1.35. The van der Waals surface area contributed by atoms with E-state index in [0.717, 1.165) is 0 Å². The van der Waals surface area contributed by atoms with E-state index in [0.29, 0.717) is 6.42 Å². The van der Waals surface area contributed by atoms with Gasteiger partial charge in [0, 0.05) is 5.92 Å². The summed E-state index contributed by atoms with van der Waals surface area (Å²) in [6.45, 7) is 1.22. The molecule has 4 heterocycles. The molecule has 11 nitrogen and oxygen atoms in total. The molecular weight excluding hydrogens is 416 g/mol. The van der Waals surface area contributed by atoms with Crippen molar-refractivity contribution in [3.63, 3.8) is 0 Å². The molecular formula is C20H24O11. The van der Waals surface area contributed by atoms with E-state index in [1.807, 2.05) is 6.92 Å². The largest absolute Gasteiger partial charge is 0.471 e. The van der Waals surface area contributed by atoms with E-state index in [2.05, 4.69) is 0 Å². The molecule has 1 aliphatic carbocycles. The van der Waals surface area contributed by atoms with Crippen LogP contribution in [-0.2, 0) is 33.3 Å². The minimum absolute atomic E-state index is 0.103. The fraction of sp³-hybridized carbons (Fsp3) is 0.700. The van der Waals surface area contributed by atoms with E-state index >= 15 is 0 Å². The highest BCUT2D eigenvalue weighted by Crippen LogP contribution is 2.58. The van der Waals surface area contributed by atoms with Gasteiger partial charge in [0.1, 0.15) is 30.5 Å². The first-order chi connectivity index (χ1) is 14.8. The van der Waals surface area contributed by atoms with Gasteiger partial charge >= 0.3 is 11.9 Å². The second-order valence-corrected chi connectivity index (χ2v) is 8.44. The van der Waals surface area contributed by atoms with Gasteiger partial charge in [-0.05, 0) is 12.5 Å². The van der Waals surface area contributed by atoms with Gasteiger partial charge in [0.2, 0.25) is 12.6 Å². The maximum absolute atomic E-state index is 12.9. The number of allylic oxidation sites excluding steroid dienone is 1. The van der Waals surface area contributed by atoms with E-state index in [4.69, 9.17) is 23.7 Å². The second-order valence-electron chi connectivity index (χ2n) is 8.44. The van der Waals surface area contributed by atoms with Crippen molar-refractivity contribution in [2.75, 3.05) is 6.61 Å². The first-order valence-corrected chi connectivity index (χ1v) is 10.3. The number of rotatable bonds is 4. The number of hydrogen-bond donors (Lipinski definition) is 4. The number of esters is 2. The Morgan fingerprint density at radius 1 is 1.19 bits per heavy atom. The topological polar surface area (TPSA) is 161 Å². The Labute approximate surface area is 176 Å². The standard InChI is InChI=1S/C20H24O11/c1-2-7-15-20(31-17(7)26)4-3-8-9(6-27-18(29-15)11(8)20)16(25)30-19-14(24)13(23)12(22)10(5-21)28-19/h3-4,6-8,10-15,18-19,21-24H,2,5H2,1H3. The fourth-order valence-corrected chi connectivity index (χ4v) is 5.25. The quantitative estimate of drug-likeness (QED) is 0.285. The van der Waals surface area contributed by atoms with Crippen LogP contribution in [0.15, 0.2) is 24.0 Å². The molecule has 11 atom stereocenters. The molecule has 5 aliphatic rings. The minimum Gasteiger partial charge on any atom is -0.471 e. The van der Waals surface area contributed by atoms with Crippen LogP contribution >= 0.6 is 0 Å². The van der Waals surface area contributed by atoms with Gasteiger partial charge in [-0.15, -0.1) is 0 Å². The third kappa shape index (κ3) is 2.81. The third-order valence-corrected chi connectivity index (χ3v) is 6.87. The monoisotopic (exact) mass is 440 g/mol. The summed E-state index contributed by atoms with van der Waals surface area (Å²) in [5.74, 6) is -2.66. The van der Waals surface area contributed by atoms with Gasteiger partial charge in [-0.1, -0.05) is 13.0 Å². The highest BCUT2D eigenvalue weighted by molar-refractivity contribution is 5.90. The van der Waals surface area contributed by atoms with Crippen molar-refractivity contribution in [2.24, 2.45) is 17.8 Å². The van der Waals surface area contributed by atoms with Crippen molar-refractivity contribution >= 4 is 11.9 Å². The number of aliphatic hydroxyl groups is 4. The summed E-state index contributed by atoms with van der Waals surface area (Å²) in [6, 6.07) is 0. The Hall–Kier alpha value is -2.02. The highest BCUT2D eigenvalue weighted by atomic mass is 16.7. The smallest absolute Gasteiger partial charge is 0.340 e. The van der Waals surface area contributed by atoms with Crippen LogP contribution in [0.2, 0.25) is 0 Å². The second kappa shape index (κ2) is 7.26. The van der Waals surface area contributed by atoms with Crippen LogP contribution in [0.4, 0.5) is 0 Å². The summed E-state index contributed by atoms with van der Waals surface area (Å²) < 4.78 is 27.8. The van der Waals surface area contributed by atoms with E-state index in [9.17, 15) is 30.0 Å². The van der Waals surface area contributed by atoms with E-state index in [-0.39, 0.29) is 11.5 Å². The molecule has 0 amide bonds. The SMILES string of the molecule is CCC1C(=O)OC23C=CC4C(C(=O)OC5OC(CO)C(O)C(O)C5O)=COC(OC12)C43. The normalized spacial score (nSPS) is 49.7. The van der Waals surface area contributed by atoms with Crippen LogP contribution in [-0.4, -0.2) is 87.7 Å². The third-order valence-electron chi connectivity index (χ3n) is 6.87. The van der Waals surface area contributed by atoms with Gasteiger partial charge in [-0.25, -0.2) is 4.79 Å². The van der Waals surface area contributed by atoms with Gasteiger partial charge in [0.05, 0.1) is 30.3 Å². The molecule has 1 spiro atoms. The lowest BCUT2D eigenvalue weighted by molar-refractivity contribution is -0.291. The van der Waals surface area contributed by atoms with Crippen molar-refractivity contribution in [3.8, 4) is 0 Å². The maximum Gasteiger partial charge on any atom is 0.340 e. The summed E-state index contributed by atoms with van der Waals surface area (Å²) in [5.41, 5.74) is -0.915. The van der Waals surface area contributed by atoms with Crippen LogP contribution in [0.5, 0.6) is 0 Å². The van der Waals surface area contributed by atoms with Gasteiger partial charge in [-0.3, -0.25) is 4.79 Å². The van der Waals surface area contributed by atoms with Crippen molar-refractivity contribution in [1.29, 1.82) is 0 Å². The first-order valence-electron chi connectivity index (χ1n) is 10.3. The summed E-state index contributed by atoms with van der Waals surface area (Å²) in [5, 5.41) is 39.2. The number of hydrogen-bond acceptors (Lipinski definition) is 11. The molecule has 4 aliphatic heterocycles. The van der Waals surface area contributed by atoms with Crippen LogP contribution in [0.3, 0.4) is 0 Å². The summed E-state index contributed by atoms with van der Waals surface area (Å²) in [4.78, 5) is 25.2. The molecule has 0 aromatic heterocycles. The van der Waals surface area contributed by atoms with Gasteiger partial charge in [-0.2, -0.15) is 0 Å². The molecule has 170 valence electrons. The fourth-order valence-electron chi connectivity index (χ4n) is 5.25. The van der Waals surface area contributed by atoms with E-state index < -0.39 is 79.0 Å². The van der Waals surface area contributed by atoms with E-state index in [1.54, 1.807) is 12.2 Å². The average Bonchev–Trinajstić information content (AvgIpc) is 3.36. The minimum atomic E-state index is -1.72. The Morgan fingerprint density at radius 3 is 2.68 bits per heavy atom. The molecule has 5 rings (SSSR count). The van der Waals surface area contributed by atoms with Gasteiger partial charge in [0.25, 0.3) is 0 Å². The van der Waals surface area contributed by atoms with Crippen LogP contribution in [0, 0.1) is 17.8 Å². The Morgan fingerprint density at radius 2 is 1.97 bits per heavy atom. The van der Waals surface area contributed by atoms with Gasteiger partial charge in [0.15, 0.2) is 5.60 Å². The first kappa shape index (κ1) is 20.9. The predicted molar refractivity (Wildman–Crippen MR) is 96.4 cm³/mol. The lowest BCUT2D eigenvalue weighted by atomic mass is 9.77. The van der Waals surface area contributed by atoms with Crippen LogP contribution < -0.4 is 0 Å². The molecule has 31 heavy (non-hydrogen) atoms. The van der Waals surface area contributed by atoms with Crippen LogP contribution in [0.25, 0.3) is 0 Å². The maximum atomic E-state index is 12.9. The van der Waals surface area contributed by atoms with Crippen molar-refractivity contribution < 1.29 is 53.7 Å². The average molecular weight is 440 g/mol. The van der Waals surface area contributed by atoms with Crippen LogP contribution in [0.1, 0.15) is 13.3 Å². The summed E-state index contributed by atoms with van der Waals surface area (Å²) in [6.07, 6.45) is -3.74. The molecule has 4 N–H and O–H groups in total. The molecule has 0 saturated carbocycles. The molecule has 3 fully saturated rings. The Kier molecular flexibility index (Phi) is 4.88. The molecule has 0 radical (unpaired) electrons. The number of aliphatic hydroxyl groups excluding tert-OH is 4. The summed E-state index contributed by atoms with van der Waals surface area (Å²) >= 11 is 0. The van der Waals surface area contributed by atoms with Crippen molar-refractivity contribution in [3.05, 3.63) is 24.0 Å². The zero-order valence-electron chi connectivity index (χ0n) is 16.6. The predicted octanol–water partition coefficient (Wildman–Crippen LogP) is -1.91. The number of carbonyl (C=O) groups excluding carboxylic acids is 2. The molecule has 3 saturated heterocycles. The molecule has 11 heteroatoms.